The van der Waals surface area contributed by atoms with Crippen molar-refractivity contribution in [3.8, 4) is 0 Å². The number of amides is 1. The molecule has 27 heavy (non-hydrogen) atoms. The fourth-order valence-electron chi connectivity index (χ4n) is 2.70. The number of benzene rings is 1. The van der Waals surface area contributed by atoms with Crippen molar-refractivity contribution in [1.29, 1.82) is 0 Å². The molecular weight excluding hydrogens is 372 g/mol. The van der Waals surface area contributed by atoms with Gasteiger partial charge in [0.15, 0.2) is 6.10 Å². The van der Waals surface area contributed by atoms with Crippen LogP contribution in [0.2, 0.25) is 0 Å². The first kappa shape index (κ1) is 19.1. The maximum atomic E-state index is 12.5. The molecule has 2 aromatic rings. The van der Waals surface area contributed by atoms with Crippen LogP contribution in [0.3, 0.4) is 0 Å². The Balaban J connectivity index is 1.60. The molecule has 0 spiro atoms. The molecule has 0 radical (unpaired) electrons. The van der Waals surface area contributed by atoms with E-state index in [0.29, 0.717) is 18.8 Å². The number of ether oxygens (including phenoxy) is 1. The summed E-state index contributed by atoms with van der Waals surface area (Å²) in [4.78, 5) is 24.1. The van der Waals surface area contributed by atoms with Gasteiger partial charge in [-0.05, 0) is 56.2 Å². The molecule has 3 rings (SSSR count). The van der Waals surface area contributed by atoms with Crippen molar-refractivity contribution >= 4 is 27.6 Å². The molecule has 0 unspecified atom stereocenters. The second kappa shape index (κ2) is 7.93. The smallest absolute Gasteiger partial charge is 0.374 e. The van der Waals surface area contributed by atoms with Gasteiger partial charge < -0.3 is 14.5 Å². The predicted octanol–water partition coefficient (Wildman–Crippen LogP) is 2.25. The molecule has 1 amide bonds. The monoisotopic (exact) mass is 392 g/mol. The Morgan fingerprint density at radius 1 is 1.15 bits per heavy atom. The van der Waals surface area contributed by atoms with Gasteiger partial charge in [0.05, 0.1) is 11.2 Å². The summed E-state index contributed by atoms with van der Waals surface area (Å²) in [6.45, 7) is 2.49. The van der Waals surface area contributed by atoms with E-state index in [1.165, 1.54) is 47.8 Å². The maximum absolute atomic E-state index is 12.5. The SMILES string of the molecule is C[C@H](OC(=O)c1ccco1)C(=O)Nc1ccc(S(=O)(=O)N2CCCC2)cc1. The molecule has 0 saturated carbocycles. The van der Waals surface area contributed by atoms with E-state index in [1.807, 2.05) is 0 Å². The minimum absolute atomic E-state index is 0.00567. The number of anilines is 1. The van der Waals surface area contributed by atoms with Crippen LogP contribution >= 0.6 is 0 Å². The average Bonchev–Trinajstić information content (AvgIpc) is 3.36. The molecule has 1 saturated heterocycles. The Kier molecular flexibility index (Phi) is 5.62. The summed E-state index contributed by atoms with van der Waals surface area (Å²) in [7, 11) is -3.50. The Morgan fingerprint density at radius 3 is 2.41 bits per heavy atom. The van der Waals surface area contributed by atoms with Crippen LogP contribution in [0, 0.1) is 0 Å². The summed E-state index contributed by atoms with van der Waals surface area (Å²) in [6.07, 6.45) is 2.01. The van der Waals surface area contributed by atoms with Crippen molar-refractivity contribution in [1.82, 2.24) is 4.31 Å². The van der Waals surface area contributed by atoms with Crippen LogP contribution in [0.25, 0.3) is 0 Å². The van der Waals surface area contributed by atoms with Gasteiger partial charge in [0.1, 0.15) is 0 Å². The molecule has 0 aliphatic carbocycles. The van der Waals surface area contributed by atoms with Crippen molar-refractivity contribution in [2.75, 3.05) is 18.4 Å². The molecular formula is C18H20N2O6S. The molecule has 1 aromatic carbocycles. The summed E-state index contributed by atoms with van der Waals surface area (Å²) in [6, 6.07) is 8.88. The van der Waals surface area contributed by atoms with Crippen LogP contribution in [-0.4, -0.2) is 43.8 Å². The highest BCUT2D eigenvalue weighted by atomic mass is 32.2. The molecule has 144 valence electrons. The van der Waals surface area contributed by atoms with E-state index >= 15 is 0 Å². The van der Waals surface area contributed by atoms with Crippen molar-refractivity contribution in [2.45, 2.75) is 30.8 Å². The molecule has 1 aromatic heterocycles. The lowest BCUT2D eigenvalue weighted by Crippen LogP contribution is -2.30. The molecule has 1 aliphatic rings. The minimum atomic E-state index is -3.50. The number of sulfonamides is 1. The standard InChI is InChI=1S/C18H20N2O6S/c1-13(26-18(22)16-5-4-12-25-16)17(21)19-14-6-8-15(9-7-14)27(23,24)20-10-2-3-11-20/h4-9,12-13H,2-3,10-11H2,1H3,(H,19,21)/t13-/m0/s1. The summed E-state index contributed by atoms with van der Waals surface area (Å²) in [5, 5.41) is 2.59. The van der Waals surface area contributed by atoms with Gasteiger partial charge >= 0.3 is 5.97 Å². The largest absolute Gasteiger partial charge is 0.457 e. The van der Waals surface area contributed by atoms with E-state index in [4.69, 9.17) is 9.15 Å². The highest BCUT2D eigenvalue weighted by Crippen LogP contribution is 2.22. The number of hydrogen-bond donors (Lipinski definition) is 1. The van der Waals surface area contributed by atoms with E-state index in [1.54, 1.807) is 6.07 Å². The van der Waals surface area contributed by atoms with Gasteiger partial charge in [0.25, 0.3) is 5.91 Å². The number of carbonyl (C=O) groups is 2. The van der Waals surface area contributed by atoms with Gasteiger partial charge in [-0.3, -0.25) is 4.79 Å². The zero-order valence-electron chi connectivity index (χ0n) is 14.8. The van der Waals surface area contributed by atoms with Crippen LogP contribution in [-0.2, 0) is 19.6 Å². The lowest BCUT2D eigenvalue weighted by molar-refractivity contribution is -0.123. The first-order valence-electron chi connectivity index (χ1n) is 8.53. The molecule has 0 bridgehead atoms. The van der Waals surface area contributed by atoms with Crippen LogP contribution in [0.4, 0.5) is 5.69 Å². The Bertz CT molecular complexity index is 900. The van der Waals surface area contributed by atoms with E-state index in [0.717, 1.165) is 12.8 Å². The maximum Gasteiger partial charge on any atom is 0.374 e. The van der Waals surface area contributed by atoms with Crippen molar-refractivity contribution < 1.29 is 27.2 Å². The molecule has 1 aliphatic heterocycles. The number of hydrogen-bond acceptors (Lipinski definition) is 6. The zero-order valence-corrected chi connectivity index (χ0v) is 15.6. The van der Waals surface area contributed by atoms with Crippen molar-refractivity contribution in [2.24, 2.45) is 0 Å². The summed E-state index contributed by atoms with van der Waals surface area (Å²) in [5.74, 6) is -1.27. The fourth-order valence-corrected chi connectivity index (χ4v) is 4.22. The summed E-state index contributed by atoms with van der Waals surface area (Å²) >= 11 is 0. The summed E-state index contributed by atoms with van der Waals surface area (Å²) in [5.41, 5.74) is 0.404. The Morgan fingerprint density at radius 2 is 1.81 bits per heavy atom. The van der Waals surface area contributed by atoms with E-state index < -0.39 is 28.0 Å². The molecule has 9 heteroatoms. The number of furan rings is 1. The fraction of sp³-hybridized carbons (Fsp3) is 0.333. The van der Waals surface area contributed by atoms with Crippen LogP contribution in [0.5, 0.6) is 0 Å². The second-order valence-corrected chi connectivity index (χ2v) is 8.09. The number of esters is 1. The van der Waals surface area contributed by atoms with Gasteiger partial charge in [-0.25, -0.2) is 13.2 Å². The third-order valence-corrected chi connectivity index (χ3v) is 6.11. The predicted molar refractivity (Wildman–Crippen MR) is 96.7 cm³/mol. The molecule has 1 atom stereocenters. The normalized spacial score (nSPS) is 16.0. The quantitative estimate of drug-likeness (QED) is 0.756. The van der Waals surface area contributed by atoms with E-state index in [9.17, 15) is 18.0 Å². The van der Waals surface area contributed by atoms with Crippen LogP contribution < -0.4 is 5.32 Å². The highest BCUT2D eigenvalue weighted by Gasteiger charge is 2.27. The van der Waals surface area contributed by atoms with Crippen LogP contribution in [0.1, 0.15) is 30.3 Å². The van der Waals surface area contributed by atoms with Crippen molar-refractivity contribution in [3.05, 3.63) is 48.4 Å². The number of nitrogens with zero attached hydrogens (tertiary/aromatic N) is 1. The molecule has 2 heterocycles. The van der Waals surface area contributed by atoms with Gasteiger partial charge in [0, 0.05) is 18.8 Å². The second-order valence-electron chi connectivity index (χ2n) is 6.15. The lowest BCUT2D eigenvalue weighted by atomic mass is 10.3. The zero-order chi connectivity index (χ0) is 19.4. The number of carbonyl (C=O) groups excluding carboxylic acids is 2. The Hall–Kier alpha value is -2.65. The summed E-state index contributed by atoms with van der Waals surface area (Å²) < 4.78 is 36.4. The van der Waals surface area contributed by atoms with Gasteiger partial charge in [-0.2, -0.15) is 4.31 Å². The Labute approximate surface area is 157 Å². The van der Waals surface area contributed by atoms with Gasteiger partial charge in [0.2, 0.25) is 15.8 Å². The molecule has 1 N–H and O–H groups in total. The molecule has 1 fully saturated rings. The van der Waals surface area contributed by atoms with E-state index in [-0.39, 0.29) is 10.7 Å². The third kappa shape index (κ3) is 4.37. The highest BCUT2D eigenvalue weighted by molar-refractivity contribution is 7.89. The van der Waals surface area contributed by atoms with E-state index in [2.05, 4.69) is 5.32 Å². The molecule has 8 nitrogen and oxygen atoms in total. The van der Waals surface area contributed by atoms with Crippen molar-refractivity contribution in [3.63, 3.8) is 0 Å². The first-order chi connectivity index (χ1) is 12.9. The lowest BCUT2D eigenvalue weighted by Gasteiger charge is -2.16. The van der Waals surface area contributed by atoms with Gasteiger partial charge in [-0.1, -0.05) is 0 Å². The first-order valence-corrected chi connectivity index (χ1v) is 9.97. The number of rotatable bonds is 6. The number of nitrogens with one attached hydrogen (secondary N) is 1. The topological polar surface area (TPSA) is 106 Å². The minimum Gasteiger partial charge on any atom is -0.457 e. The van der Waals surface area contributed by atoms with Gasteiger partial charge in [-0.15, -0.1) is 0 Å². The van der Waals surface area contributed by atoms with Crippen LogP contribution in [0.15, 0.2) is 52.0 Å². The average molecular weight is 392 g/mol. The third-order valence-electron chi connectivity index (χ3n) is 4.20.